The smallest absolute Gasteiger partial charge is 0.334 e. The Hall–Kier alpha value is -1.89. The number of aliphatic carboxylic acids is 1. The maximum absolute atomic E-state index is 11.5. The lowest BCUT2D eigenvalue weighted by atomic mass is 10.3. The second kappa shape index (κ2) is 5.26. The van der Waals surface area contributed by atoms with Gasteiger partial charge >= 0.3 is 5.97 Å². The summed E-state index contributed by atoms with van der Waals surface area (Å²) in [6.45, 7) is 1.30. The number of amides is 1. The highest BCUT2D eigenvalue weighted by molar-refractivity contribution is 5.80. The van der Waals surface area contributed by atoms with Gasteiger partial charge in [0, 0.05) is 12.4 Å². The van der Waals surface area contributed by atoms with E-state index < -0.39 is 24.0 Å². The molecule has 16 heavy (non-hydrogen) atoms. The van der Waals surface area contributed by atoms with Crippen LogP contribution in [-0.4, -0.2) is 44.5 Å². The fraction of sp³-hybridized carbons (Fsp3) is 0.444. The van der Waals surface area contributed by atoms with Crippen LogP contribution in [0.3, 0.4) is 0 Å². The molecule has 3 N–H and O–H groups in total. The third kappa shape index (κ3) is 3.06. The number of nitrogens with zero attached hydrogens (tertiary/aromatic N) is 2. The van der Waals surface area contributed by atoms with Gasteiger partial charge in [-0.25, -0.2) is 4.79 Å². The van der Waals surface area contributed by atoms with Gasteiger partial charge < -0.3 is 15.5 Å². The van der Waals surface area contributed by atoms with E-state index in [-0.39, 0.29) is 6.54 Å². The van der Waals surface area contributed by atoms with Crippen LogP contribution in [0.4, 0.5) is 0 Å². The Labute approximate surface area is 91.7 Å². The number of hydrogen-bond acceptors (Lipinski definition) is 4. The van der Waals surface area contributed by atoms with Crippen LogP contribution in [0, 0.1) is 0 Å². The van der Waals surface area contributed by atoms with Gasteiger partial charge in [0.15, 0.2) is 6.10 Å². The van der Waals surface area contributed by atoms with Gasteiger partial charge in [0.25, 0.3) is 0 Å². The Kier molecular flexibility index (Phi) is 4.01. The highest BCUT2D eigenvalue weighted by Crippen LogP contribution is 2.02. The first-order chi connectivity index (χ1) is 7.52. The molecule has 1 heterocycles. The van der Waals surface area contributed by atoms with Gasteiger partial charge in [0.2, 0.25) is 5.91 Å². The predicted octanol–water partition coefficient (Wildman–Crippen LogP) is -0.994. The van der Waals surface area contributed by atoms with Crippen molar-refractivity contribution in [3.05, 3.63) is 18.5 Å². The quantitative estimate of drug-likeness (QED) is 0.598. The number of rotatable bonds is 5. The van der Waals surface area contributed by atoms with Crippen LogP contribution in [0.1, 0.15) is 13.0 Å². The van der Waals surface area contributed by atoms with E-state index in [1.807, 2.05) is 0 Å². The Morgan fingerprint density at radius 1 is 1.56 bits per heavy atom. The van der Waals surface area contributed by atoms with Gasteiger partial charge in [-0.15, -0.1) is 0 Å². The van der Waals surface area contributed by atoms with Crippen LogP contribution in [0.15, 0.2) is 18.5 Å². The van der Waals surface area contributed by atoms with E-state index >= 15 is 0 Å². The molecule has 7 heteroatoms. The fourth-order valence-corrected chi connectivity index (χ4v) is 1.06. The second-order valence-electron chi connectivity index (χ2n) is 3.26. The molecule has 0 radical (unpaired) electrons. The number of carboxylic acid groups (broad SMARTS) is 1. The van der Waals surface area contributed by atoms with Crippen LogP contribution in [-0.2, 0) is 9.59 Å². The average molecular weight is 227 g/mol. The molecule has 0 bridgehead atoms. The minimum Gasteiger partial charge on any atom is -0.479 e. The van der Waals surface area contributed by atoms with Crippen molar-refractivity contribution < 1.29 is 19.8 Å². The van der Waals surface area contributed by atoms with Crippen LogP contribution in [0.2, 0.25) is 0 Å². The number of carbonyl (C=O) groups is 2. The summed E-state index contributed by atoms with van der Waals surface area (Å²) in [4.78, 5) is 21.8. The molecule has 0 aliphatic rings. The Morgan fingerprint density at radius 3 is 2.75 bits per heavy atom. The van der Waals surface area contributed by atoms with Gasteiger partial charge in [0.05, 0.1) is 6.54 Å². The summed E-state index contributed by atoms with van der Waals surface area (Å²) >= 11 is 0. The SMILES string of the molecule is CC(C(=O)NCC(O)C(=O)O)n1cccn1. The summed E-state index contributed by atoms with van der Waals surface area (Å²) in [6.07, 6.45) is 1.57. The first-order valence-electron chi connectivity index (χ1n) is 4.70. The van der Waals surface area contributed by atoms with E-state index in [4.69, 9.17) is 10.2 Å². The monoisotopic (exact) mass is 227 g/mol. The molecule has 1 aromatic rings. The lowest BCUT2D eigenvalue weighted by Crippen LogP contribution is -2.39. The van der Waals surface area contributed by atoms with Gasteiger partial charge in [-0.05, 0) is 13.0 Å². The minimum atomic E-state index is -1.59. The van der Waals surface area contributed by atoms with Crippen LogP contribution < -0.4 is 5.32 Å². The highest BCUT2D eigenvalue weighted by Gasteiger charge is 2.18. The Morgan fingerprint density at radius 2 is 2.25 bits per heavy atom. The zero-order valence-electron chi connectivity index (χ0n) is 8.70. The normalized spacial score (nSPS) is 14.1. The lowest BCUT2D eigenvalue weighted by molar-refractivity contribution is -0.146. The van der Waals surface area contributed by atoms with Crippen LogP contribution in [0.5, 0.6) is 0 Å². The zero-order valence-corrected chi connectivity index (χ0v) is 8.70. The average Bonchev–Trinajstić information content (AvgIpc) is 2.77. The van der Waals surface area contributed by atoms with E-state index in [1.54, 1.807) is 19.2 Å². The van der Waals surface area contributed by atoms with Gasteiger partial charge in [-0.3, -0.25) is 9.48 Å². The summed E-state index contributed by atoms with van der Waals surface area (Å²) in [5.41, 5.74) is 0. The van der Waals surface area contributed by atoms with Crippen LogP contribution >= 0.6 is 0 Å². The van der Waals surface area contributed by atoms with E-state index in [9.17, 15) is 9.59 Å². The summed E-state index contributed by atoms with van der Waals surface area (Å²) in [6, 6.07) is 1.13. The molecule has 0 spiro atoms. The first-order valence-corrected chi connectivity index (χ1v) is 4.70. The molecule has 1 aromatic heterocycles. The highest BCUT2D eigenvalue weighted by atomic mass is 16.4. The molecule has 0 aliphatic carbocycles. The largest absolute Gasteiger partial charge is 0.479 e. The molecule has 0 saturated carbocycles. The number of aliphatic hydroxyl groups is 1. The molecule has 2 unspecified atom stereocenters. The molecule has 88 valence electrons. The van der Waals surface area contributed by atoms with Gasteiger partial charge in [-0.1, -0.05) is 0 Å². The Balaban J connectivity index is 2.44. The second-order valence-corrected chi connectivity index (χ2v) is 3.26. The molecule has 0 aromatic carbocycles. The van der Waals surface area contributed by atoms with Crippen molar-refractivity contribution >= 4 is 11.9 Å². The molecule has 0 aliphatic heterocycles. The predicted molar refractivity (Wildman–Crippen MR) is 53.6 cm³/mol. The molecule has 0 saturated heterocycles. The van der Waals surface area contributed by atoms with E-state index in [2.05, 4.69) is 10.4 Å². The Bertz CT molecular complexity index is 363. The maximum Gasteiger partial charge on any atom is 0.334 e. The number of carbonyl (C=O) groups excluding carboxylic acids is 1. The molecule has 1 rings (SSSR count). The summed E-state index contributed by atoms with van der Waals surface area (Å²) < 4.78 is 1.43. The van der Waals surface area contributed by atoms with E-state index in [0.717, 1.165) is 0 Å². The molecule has 2 atom stereocenters. The number of nitrogens with one attached hydrogen (secondary N) is 1. The molecule has 7 nitrogen and oxygen atoms in total. The van der Waals surface area contributed by atoms with E-state index in [1.165, 1.54) is 10.9 Å². The topological polar surface area (TPSA) is 104 Å². The van der Waals surface area contributed by atoms with Crippen molar-refractivity contribution in [2.45, 2.75) is 19.1 Å². The summed E-state index contributed by atoms with van der Waals surface area (Å²) in [5, 5.41) is 23.5. The third-order valence-electron chi connectivity index (χ3n) is 2.06. The summed E-state index contributed by atoms with van der Waals surface area (Å²) in [5.74, 6) is -1.77. The van der Waals surface area contributed by atoms with Crippen molar-refractivity contribution in [3.8, 4) is 0 Å². The summed E-state index contributed by atoms with van der Waals surface area (Å²) in [7, 11) is 0. The molecule has 1 amide bonds. The van der Waals surface area contributed by atoms with Gasteiger partial charge in [-0.2, -0.15) is 5.10 Å². The zero-order chi connectivity index (χ0) is 12.1. The van der Waals surface area contributed by atoms with Crippen molar-refractivity contribution in [2.24, 2.45) is 0 Å². The number of aromatic nitrogens is 2. The number of carboxylic acids is 1. The van der Waals surface area contributed by atoms with Gasteiger partial charge in [0.1, 0.15) is 6.04 Å². The van der Waals surface area contributed by atoms with Crippen molar-refractivity contribution in [3.63, 3.8) is 0 Å². The van der Waals surface area contributed by atoms with E-state index in [0.29, 0.717) is 0 Å². The third-order valence-corrected chi connectivity index (χ3v) is 2.06. The minimum absolute atomic E-state index is 0.320. The number of hydrogen-bond donors (Lipinski definition) is 3. The van der Waals surface area contributed by atoms with Crippen molar-refractivity contribution in [1.82, 2.24) is 15.1 Å². The standard InChI is InChI=1S/C9H13N3O4/c1-6(12-4-2-3-11-12)8(14)10-5-7(13)9(15)16/h2-4,6-7,13H,5H2,1H3,(H,10,14)(H,15,16). The number of aliphatic hydroxyl groups excluding tert-OH is 1. The fourth-order valence-electron chi connectivity index (χ4n) is 1.06. The molecular weight excluding hydrogens is 214 g/mol. The molecular formula is C9H13N3O4. The van der Waals surface area contributed by atoms with Crippen LogP contribution in [0.25, 0.3) is 0 Å². The van der Waals surface area contributed by atoms with Crippen molar-refractivity contribution in [1.29, 1.82) is 0 Å². The first kappa shape index (κ1) is 12.2. The maximum atomic E-state index is 11.5. The molecule has 0 fully saturated rings. The lowest BCUT2D eigenvalue weighted by Gasteiger charge is -2.13. The van der Waals surface area contributed by atoms with Crippen molar-refractivity contribution in [2.75, 3.05) is 6.54 Å².